The maximum atomic E-state index is 5.67. The lowest BCUT2D eigenvalue weighted by Crippen LogP contribution is -2.42. The summed E-state index contributed by atoms with van der Waals surface area (Å²) in [6.45, 7) is 4.75. The fraction of sp³-hybridized carbons (Fsp3) is 0.632. The van der Waals surface area contributed by atoms with E-state index in [1.165, 1.54) is 19.3 Å². The fourth-order valence-corrected chi connectivity index (χ4v) is 3.74. The van der Waals surface area contributed by atoms with Gasteiger partial charge in [-0.15, -0.1) is 0 Å². The second-order valence-corrected chi connectivity index (χ2v) is 7.33. The Hall–Kier alpha value is -1.40. The molecule has 140 valence electrons. The molecule has 6 heteroatoms. The highest BCUT2D eigenvalue weighted by molar-refractivity contribution is 7.99. The van der Waals surface area contributed by atoms with Crippen molar-refractivity contribution in [1.29, 1.82) is 0 Å². The van der Waals surface area contributed by atoms with E-state index >= 15 is 0 Å². The number of aliphatic imine (C=N–C) groups is 1. The Bertz CT molecular complexity index is 539. The zero-order valence-electron chi connectivity index (χ0n) is 15.6. The van der Waals surface area contributed by atoms with E-state index in [1.807, 2.05) is 30.0 Å². The van der Waals surface area contributed by atoms with E-state index in [1.54, 1.807) is 7.11 Å². The van der Waals surface area contributed by atoms with Crippen LogP contribution in [0.25, 0.3) is 0 Å². The number of ether oxygens (including phenoxy) is 2. The lowest BCUT2D eigenvalue weighted by molar-refractivity contribution is 0.146. The maximum absolute atomic E-state index is 5.67. The van der Waals surface area contributed by atoms with Gasteiger partial charge in [-0.25, -0.2) is 4.99 Å². The summed E-state index contributed by atoms with van der Waals surface area (Å²) in [5.41, 5.74) is 1.14. The number of nitrogens with one attached hydrogen (secondary N) is 2. The Morgan fingerprint density at radius 1 is 1.32 bits per heavy atom. The van der Waals surface area contributed by atoms with Crippen LogP contribution in [0.2, 0.25) is 0 Å². The summed E-state index contributed by atoms with van der Waals surface area (Å²) in [6.07, 6.45) is 5.93. The molecule has 0 saturated heterocycles. The molecule has 0 aliphatic heterocycles. The van der Waals surface area contributed by atoms with Crippen LogP contribution >= 0.6 is 11.8 Å². The van der Waals surface area contributed by atoms with Crippen molar-refractivity contribution in [2.24, 2.45) is 4.99 Å². The molecule has 1 fully saturated rings. The molecular weight excluding hydrogens is 334 g/mol. The topological polar surface area (TPSA) is 54.9 Å². The van der Waals surface area contributed by atoms with E-state index in [0.717, 1.165) is 29.1 Å². The van der Waals surface area contributed by atoms with Gasteiger partial charge >= 0.3 is 0 Å². The number of nitrogens with zero attached hydrogens (tertiary/aromatic N) is 1. The number of hydrogen-bond acceptors (Lipinski definition) is 4. The van der Waals surface area contributed by atoms with E-state index in [9.17, 15) is 0 Å². The van der Waals surface area contributed by atoms with Gasteiger partial charge in [-0.3, -0.25) is 0 Å². The molecule has 1 aliphatic carbocycles. The average Bonchev–Trinajstić information content (AvgIpc) is 3.08. The molecule has 2 unspecified atom stereocenters. The van der Waals surface area contributed by atoms with E-state index in [4.69, 9.17) is 14.5 Å². The van der Waals surface area contributed by atoms with Gasteiger partial charge in [0.2, 0.25) is 0 Å². The highest BCUT2D eigenvalue weighted by atomic mass is 32.2. The Morgan fingerprint density at radius 2 is 2.20 bits per heavy atom. The summed E-state index contributed by atoms with van der Waals surface area (Å²) in [7, 11) is 1.68. The van der Waals surface area contributed by atoms with E-state index < -0.39 is 0 Å². The third-order valence-corrected chi connectivity index (χ3v) is 5.37. The molecule has 1 saturated carbocycles. The first kappa shape index (κ1) is 19.9. The van der Waals surface area contributed by atoms with E-state index in [2.05, 4.69) is 29.9 Å². The van der Waals surface area contributed by atoms with Gasteiger partial charge in [0.15, 0.2) is 5.96 Å². The van der Waals surface area contributed by atoms with Gasteiger partial charge < -0.3 is 20.1 Å². The predicted molar refractivity (Wildman–Crippen MR) is 107 cm³/mol. The summed E-state index contributed by atoms with van der Waals surface area (Å²) in [4.78, 5) is 4.74. The molecule has 0 radical (unpaired) electrons. The lowest BCUT2D eigenvalue weighted by atomic mass is 10.2. The first-order valence-electron chi connectivity index (χ1n) is 9.03. The normalized spacial score (nSPS) is 20.5. The van der Waals surface area contributed by atoms with E-state index in [-0.39, 0.29) is 0 Å². The molecule has 2 rings (SSSR count). The second-order valence-electron chi connectivity index (χ2n) is 6.20. The quantitative estimate of drug-likeness (QED) is 0.400. The molecule has 1 aromatic carbocycles. The monoisotopic (exact) mass is 365 g/mol. The Kier molecular flexibility index (Phi) is 8.97. The van der Waals surface area contributed by atoms with Crippen molar-refractivity contribution in [3.8, 4) is 5.75 Å². The second kappa shape index (κ2) is 11.3. The minimum Gasteiger partial charge on any atom is -0.491 e. The Morgan fingerprint density at radius 3 is 2.92 bits per heavy atom. The van der Waals surface area contributed by atoms with Gasteiger partial charge in [0.25, 0.3) is 0 Å². The Labute approximate surface area is 156 Å². The standard InChI is InChI=1S/C19H31N3O2S/c1-4-20-19(22-16-8-9-18(13-16)25-3)21-14-15-6-5-7-17(12-15)24-11-10-23-2/h5-7,12,16,18H,4,8-11,13-14H2,1-3H3,(H2,20,21,22). The van der Waals surface area contributed by atoms with Crippen LogP contribution in [0.5, 0.6) is 5.75 Å². The first-order chi connectivity index (χ1) is 12.2. The van der Waals surface area contributed by atoms with Gasteiger partial charge in [-0.2, -0.15) is 11.8 Å². The largest absolute Gasteiger partial charge is 0.491 e. The van der Waals surface area contributed by atoms with Gasteiger partial charge in [0.05, 0.1) is 13.2 Å². The summed E-state index contributed by atoms with van der Waals surface area (Å²) in [5, 5.41) is 7.72. The first-order valence-corrected chi connectivity index (χ1v) is 10.3. The number of methoxy groups -OCH3 is 1. The summed E-state index contributed by atoms with van der Waals surface area (Å²) >= 11 is 1.97. The van der Waals surface area contributed by atoms with Crippen LogP contribution < -0.4 is 15.4 Å². The molecule has 1 aliphatic rings. The van der Waals surface area contributed by atoms with Crippen molar-refractivity contribution < 1.29 is 9.47 Å². The maximum Gasteiger partial charge on any atom is 0.191 e. The molecule has 0 amide bonds. The highest BCUT2D eigenvalue weighted by Crippen LogP contribution is 2.28. The molecule has 0 bridgehead atoms. The molecule has 0 spiro atoms. The minimum atomic E-state index is 0.527. The predicted octanol–water partition coefficient (Wildman–Crippen LogP) is 3.05. The molecule has 0 aromatic heterocycles. The number of guanidine groups is 1. The molecule has 5 nitrogen and oxygen atoms in total. The van der Waals surface area contributed by atoms with Crippen molar-refractivity contribution in [3.05, 3.63) is 29.8 Å². The van der Waals surface area contributed by atoms with Crippen LogP contribution in [0.15, 0.2) is 29.3 Å². The lowest BCUT2D eigenvalue weighted by Gasteiger charge is -2.17. The van der Waals surface area contributed by atoms with Crippen LogP contribution in [0.4, 0.5) is 0 Å². The average molecular weight is 366 g/mol. The summed E-state index contributed by atoms with van der Waals surface area (Å²) in [5.74, 6) is 1.77. The third kappa shape index (κ3) is 7.16. The summed E-state index contributed by atoms with van der Waals surface area (Å²) < 4.78 is 10.7. The highest BCUT2D eigenvalue weighted by Gasteiger charge is 2.24. The number of hydrogen-bond donors (Lipinski definition) is 2. The van der Waals surface area contributed by atoms with Gasteiger partial charge in [0, 0.05) is 24.9 Å². The minimum absolute atomic E-state index is 0.527. The number of benzene rings is 1. The molecule has 2 atom stereocenters. The Balaban J connectivity index is 1.90. The van der Waals surface area contributed by atoms with Gasteiger partial charge in [-0.05, 0) is 50.1 Å². The zero-order valence-corrected chi connectivity index (χ0v) is 16.4. The van der Waals surface area contributed by atoms with Crippen LogP contribution in [-0.4, -0.2) is 50.4 Å². The fourth-order valence-electron chi connectivity index (χ4n) is 2.95. The van der Waals surface area contributed by atoms with Crippen molar-refractivity contribution in [3.63, 3.8) is 0 Å². The number of rotatable bonds is 9. The van der Waals surface area contributed by atoms with Crippen LogP contribution in [-0.2, 0) is 11.3 Å². The molecule has 25 heavy (non-hydrogen) atoms. The van der Waals surface area contributed by atoms with Crippen molar-refractivity contribution >= 4 is 17.7 Å². The van der Waals surface area contributed by atoms with E-state index in [0.29, 0.717) is 25.8 Å². The SMILES string of the molecule is CCNC(=NCc1cccc(OCCOC)c1)NC1CCC(SC)C1. The summed E-state index contributed by atoms with van der Waals surface area (Å²) in [6, 6.07) is 8.62. The zero-order chi connectivity index (χ0) is 17.9. The van der Waals surface area contributed by atoms with Crippen LogP contribution in [0.3, 0.4) is 0 Å². The van der Waals surface area contributed by atoms with Gasteiger partial charge in [0.1, 0.15) is 12.4 Å². The molecular formula is C19H31N3O2S. The third-order valence-electron chi connectivity index (χ3n) is 4.28. The van der Waals surface area contributed by atoms with Gasteiger partial charge in [-0.1, -0.05) is 12.1 Å². The van der Waals surface area contributed by atoms with Crippen LogP contribution in [0.1, 0.15) is 31.7 Å². The molecule has 1 aromatic rings. The van der Waals surface area contributed by atoms with Crippen LogP contribution in [0, 0.1) is 0 Å². The molecule has 2 N–H and O–H groups in total. The van der Waals surface area contributed by atoms with Crippen molar-refractivity contribution in [2.45, 2.75) is 44.0 Å². The number of thioether (sulfide) groups is 1. The molecule has 0 heterocycles. The smallest absolute Gasteiger partial charge is 0.191 e. The van der Waals surface area contributed by atoms with Crippen molar-refractivity contribution in [1.82, 2.24) is 10.6 Å². The van der Waals surface area contributed by atoms with Crippen molar-refractivity contribution in [2.75, 3.05) is 33.1 Å².